The third-order valence-corrected chi connectivity index (χ3v) is 3.69. The lowest BCUT2D eigenvalue weighted by Gasteiger charge is -2.31. The van der Waals surface area contributed by atoms with Gasteiger partial charge < -0.3 is 0 Å². The number of nitrogens with zero attached hydrogens (tertiary/aromatic N) is 1. The summed E-state index contributed by atoms with van der Waals surface area (Å²) in [6.07, 6.45) is 2.41. The van der Waals surface area contributed by atoms with Gasteiger partial charge in [0.25, 0.3) is 0 Å². The third-order valence-electron chi connectivity index (χ3n) is 3.69. The van der Waals surface area contributed by atoms with Crippen molar-refractivity contribution in [1.29, 1.82) is 0 Å². The summed E-state index contributed by atoms with van der Waals surface area (Å²) in [6.45, 7) is 2.44. The van der Waals surface area contributed by atoms with Crippen molar-refractivity contribution in [2.24, 2.45) is 11.8 Å². The maximum atomic E-state index is 13.5. The van der Waals surface area contributed by atoms with E-state index in [0.717, 1.165) is 31.5 Å². The smallest absolute Gasteiger partial charge is 0.234 e. The molecule has 0 unspecified atom stereocenters. The predicted octanol–water partition coefficient (Wildman–Crippen LogP) is 2.05. The van der Waals surface area contributed by atoms with E-state index >= 15 is 0 Å². The Bertz CT molecular complexity index is 431. The minimum absolute atomic E-state index is 0. The average molecular weight is 281 g/mol. The fourth-order valence-corrected chi connectivity index (χ4v) is 2.54. The normalized spacial score (nSPS) is 16.5. The molecule has 0 saturated carbocycles. The van der Waals surface area contributed by atoms with Crippen molar-refractivity contribution in [2.75, 3.05) is 13.1 Å². The molecule has 0 radical (unpaired) electrons. The van der Waals surface area contributed by atoms with Crippen molar-refractivity contribution < 1.29 is 9.18 Å². The topological polar surface area (TPSA) is 58.4 Å². The summed E-state index contributed by atoms with van der Waals surface area (Å²) >= 11 is 0. The molecule has 0 bridgehead atoms. The highest BCUT2D eigenvalue weighted by atomic mass is 19.1. The Morgan fingerprint density at radius 3 is 2.60 bits per heavy atom. The summed E-state index contributed by atoms with van der Waals surface area (Å²) in [6, 6.07) is 6.88. The van der Waals surface area contributed by atoms with Crippen molar-refractivity contribution in [3.8, 4) is 0 Å². The summed E-state index contributed by atoms with van der Waals surface area (Å²) in [4.78, 5) is 13.4. The summed E-state index contributed by atoms with van der Waals surface area (Å²) < 4.78 is 13.5. The molecule has 2 rings (SSSR count). The lowest BCUT2D eigenvalue weighted by molar-refractivity contribution is -0.122. The van der Waals surface area contributed by atoms with E-state index in [1.54, 1.807) is 6.07 Å². The molecule has 1 amide bonds. The Morgan fingerprint density at radius 1 is 1.35 bits per heavy atom. The molecule has 1 aromatic rings. The molecule has 0 spiro atoms. The summed E-state index contributed by atoms with van der Waals surface area (Å²) in [5.41, 5.74) is 2.91. The first kappa shape index (κ1) is 16.6. The highest BCUT2D eigenvalue weighted by molar-refractivity contribution is 5.75. The Balaban J connectivity index is 0.00000200. The van der Waals surface area contributed by atoms with E-state index < -0.39 is 0 Å². The van der Waals surface area contributed by atoms with Crippen LogP contribution in [0.1, 0.15) is 32.3 Å². The van der Waals surface area contributed by atoms with Gasteiger partial charge in [-0.2, -0.15) is 0 Å². The Hall–Kier alpha value is -1.46. The second-order valence-electron chi connectivity index (χ2n) is 5.08. The molecule has 1 fully saturated rings. The maximum absolute atomic E-state index is 13.5. The first-order valence-corrected chi connectivity index (χ1v) is 6.64. The molecule has 4 nitrogen and oxygen atoms in total. The standard InChI is InChI=1S/C14H20FN3O.CH4/c15-13-4-2-1-3-12(13)10-18-7-5-11(6-8-18)9-14(19)17-16;/h1-4,11H,5-10,16H2,(H,17,19);1H4. The fraction of sp³-hybridized carbons (Fsp3) is 0.533. The number of nitrogens with one attached hydrogen (secondary N) is 1. The van der Waals surface area contributed by atoms with Gasteiger partial charge in [-0.15, -0.1) is 0 Å². The molecule has 20 heavy (non-hydrogen) atoms. The summed E-state index contributed by atoms with van der Waals surface area (Å²) in [7, 11) is 0. The molecule has 1 saturated heterocycles. The SMILES string of the molecule is C.NNC(=O)CC1CCN(Cc2ccccc2F)CC1. The van der Waals surface area contributed by atoms with Gasteiger partial charge in [0.2, 0.25) is 5.91 Å². The van der Waals surface area contributed by atoms with E-state index in [-0.39, 0.29) is 19.2 Å². The van der Waals surface area contributed by atoms with Gasteiger partial charge in [-0.3, -0.25) is 15.1 Å². The molecule has 3 N–H and O–H groups in total. The minimum Gasteiger partial charge on any atom is -0.299 e. The molecule has 0 aromatic heterocycles. The second kappa shape index (κ2) is 7.97. The summed E-state index contributed by atoms with van der Waals surface area (Å²) in [5.74, 6) is 5.22. The molecular weight excluding hydrogens is 257 g/mol. The zero-order valence-electron chi connectivity index (χ0n) is 10.9. The molecule has 1 aliphatic rings. The molecular formula is C15H24FN3O. The van der Waals surface area contributed by atoms with Crippen LogP contribution in [-0.2, 0) is 11.3 Å². The van der Waals surface area contributed by atoms with E-state index in [1.807, 2.05) is 12.1 Å². The largest absolute Gasteiger partial charge is 0.299 e. The lowest BCUT2D eigenvalue weighted by atomic mass is 9.93. The van der Waals surface area contributed by atoms with Crippen molar-refractivity contribution in [2.45, 2.75) is 33.2 Å². The Morgan fingerprint density at radius 2 is 2.00 bits per heavy atom. The van der Waals surface area contributed by atoms with Crippen molar-refractivity contribution in [3.05, 3.63) is 35.6 Å². The van der Waals surface area contributed by atoms with Crippen LogP contribution in [0.4, 0.5) is 4.39 Å². The number of amides is 1. The van der Waals surface area contributed by atoms with Crippen molar-refractivity contribution in [1.82, 2.24) is 10.3 Å². The number of rotatable bonds is 4. The van der Waals surface area contributed by atoms with Gasteiger partial charge in [0, 0.05) is 18.5 Å². The van der Waals surface area contributed by atoms with Gasteiger partial charge in [-0.1, -0.05) is 25.6 Å². The molecule has 5 heteroatoms. The van der Waals surface area contributed by atoms with Crippen LogP contribution in [0.3, 0.4) is 0 Å². The predicted molar refractivity (Wildman–Crippen MR) is 78.1 cm³/mol. The first-order chi connectivity index (χ1) is 9.19. The number of nitrogens with two attached hydrogens (primary N) is 1. The van der Waals surface area contributed by atoms with Crippen molar-refractivity contribution in [3.63, 3.8) is 0 Å². The molecule has 1 aromatic carbocycles. The van der Waals surface area contributed by atoms with E-state index in [9.17, 15) is 9.18 Å². The first-order valence-electron chi connectivity index (χ1n) is 6.64. The zero-order chi connectivity index (χ0) is 13.7. The van der Waals surface area contributed by atoms with E-state index in [0.29, 0.717) is 18.9 Å². The quantitative estimate of drug-likeness (QED) is 0.504. The molecule has 0 atom stereocenters. The van der Waals surface area contributed by atoms with E-state index in [2.05, 4.69) is 10.3 Å². The third kappa shape index (κ3) is 4.58. The van der Waals surface area contributed by atoms with Crippen LogP contribution in [0.2, 0.25) is 0 Å². The number of carbonyl (C=O) groups is 1. The van der Waals surface area contributed by atoms with Crippen LogP contribution < -0.4 is 11.3 Å². The van der Waals surface area contributed by atoms with Gasteiger partial charge >= 0.3 is 0 Å². The number of hydrogen-bond acceptors (Lipinski definition) is 3. The molecule has 1 aliphatic heterocycles. The highest BCUT2D eigenvalue weighted by Crippen LogP contribution is 2.22. The van der Waals surface area contributed by atoms with Gasteiger partial charge in [0.15, 0.2) is 0 Å². The number of carbonyl (C=O) groups excluding carboxylic acids is 1. The van der Waals surface area contributed by atoms with Gasteiger partial charge in [-0.25, -0.2) is 10.2 Å². The van der Waals surface area contributed by atoms with Crippen LogP contribution in [-0.4, -0.2) is 23.9 Å². The molecule has 0 aliphatic carbocycles. The van der Waals surface area contributed by atoms with Crippen LogP contribution in [0.25, 0.3) is 0 Å². The fourth-order valence-electron chi connectivity index (χ4n) is 2.54. The maximum Gasteiger partial charge on any atom is 0.234 e. The van der Waals surface area contributed by atoms with Crippen LogP contribution >= 0.6 is 0 Å². The monoisotopic (exact) mass is 281 g/mol. The Labute approximate surface area is 120 Å². The molecule has 1 heterocycles. The highest BCUT2D eigenvalue weighted by Gasteiger charge is 2.21. The number of hydrazine groups is 1. The van der Waals surface area contributed by atoms with Gasteiger partial charge in [0.1, 0.15) is 5.82 Å². The number of piperidine rings is 1. The number of hydrogen-bond donors (Lipinski definition) is 2. The van der Waals surface area contributed by atoms with Crippen LogP contribution in [0.15, 0.2) is 24.3 Å². The van der Waals surface area contributed by atoms with Crippen molar-refractivity contribution >= 4 is 5.91 Å². The van der Waals surface area contributed by atoms with Crippen LogP contribution in [0, 0.1) is 11.7 Å². The van der Waals surface area contributed by atoms with Gasteiger partial charge in [0.05, 0.1) is 0 Å². The summed E-state index contributed by atoms with van der Waals surface area (Å²) in [5, 5.41) is 0. The zero-order valence-corrected chi connectivity index (χ0v) is 10.9. The lowest BCUT2D eigenvalue weighted by Crippen LogP contribution is -2.37. The number of likely N-dealkylation sites (tertiary alicyclic amines) is 1. The van der Waals surface area contributed by atoms with E-state index in [4.69, 9.17) is 5.84 Å². The average Bonchev–Trinajstić information content (AvgIpc) is 2.43. The minimum atomic E-state index is -0.146. The van der Waals surface area contributed by atoms with Gasteiger partial charge in [-0.05, 0) is 37.9 Å². The molecule has 112 valence electrons. The Kier molecular flexibility index (Phi) is 6.61. The second-order valence-corrected chi connectivity index (χ2v) is 5.08. The number of halogens is 1. The van der Waals surface area contributed by atoms with Crippen LogP contribution in [0.5, 0.6) is 0 Å². The number of benzene rings is 1. The van der Waals surface area contributed by atoms with E-state index in [1.165, 1.54) is 6.07 Å².